The van der Waals surface area contributed by atoms with Crippen LogP contribution in [0.2, 0.25) is 0 Å². The van der Waals surface area contributed by atoms with E-state index in [0.717, 1.165) is 24.8 Å². The largest absolute Gasteiger partial charge is 0.481 e. The lowest BCUT2D eigenvalue weighted by atomic mass is 9.96. The number of carbonyl (C=O) groups is 1. The second-order valence-corrected chi connectivity index (χ2v) is 3.15. The highest BCUT2D eigenvalue weighted by Crippen LogP contribution is 2.30. The molecule has 0 saturated carbocycles. The van der Waals surface area contributed by atoms with Crippen molar-refractivity contribution in [2.75, 3.05) is 0 Å². The van der Waals surface area contributed by atoms with Gasteiger partial charge in [0.25, 0.3) is 0 Å². The Morgan fingerprint density at radius 1 is 1.83 bits per heavy atom. The molecule has 0 radical (unpaired) electrons. The summed E-state index contributed by atoms with van der Waals surface area (Å²) in [7, 11) is 0. The Bertz CT molecular complexity index is 216. The van der Waals surface area contributed by atoms with E-state index >= 15 is 0 Å². The normalized spacial score (nSPS) is 22.0. The van der Waals surface area contributed by atoms with Crippen LogP contribution < -0.4 is 0 Å². The summed E-state index contributed by atoms with van der Waals surface area (Å²) >= 11 is 0. The summed E-state index contributed by atoms with van der Waals surface area (Å²) in [5, 5.41) is 8.59. The minimum Gasteiger partial charge on any atom is -0.481 e. The molecular formula is C10H14O2. The molecule has 0 amide bonds. The number of hydrogen-bond acceptors (Lipinski definition) is 1. The Kier molecular flexibility index (Phi) is 3.09. The van der Waals surface area contributed by atoms with E-state index < -0.39 is 5.97 Å². The van der Waals surface area contributed by atoms with Crippen LogP contribution in [0.15, 0.2) is 24.3 Å². The van der Waals surface area contributed by atoms with Crippen LogP contribution in [0.4, 0.5) is 0 Å². The van der Waals surface area contributed by atoms with E-state index in [4.69, 9.17) is 5.11 Å². The molecule has 1 rings (SSSR count). The fourth-order valence-electron chi connectivity index (χ4n) is 1.68. The fraction of sp³-hybridized carbons (Fsp3) is 0.500. The van der Waals surface area contributed by atoms with Crippen LogP contribution in [-0.4, -0.2) is 11.1 Å². The van der Waals surface area contributed by atoms with E-state index in [1.165, 1.54) is 0 Å². The molecule has 1 aliphatic rings. The molecule has 0 aromatic carbocycles. The van der Waals surface area contributed by atoms with Gasteiger partial charge in [-0.15, -0.1) is 6.58 Å². The molecule has 0 aromatic heterocycles. The molecule has 1 atom stereocenters. The zero-order valence-corrected chi connectivity index (χ0v) is 7.12. The summed E-state index contributed by atoms with van der Waals surface area (Å²) in [5.74, 6) is -0.282. The zero-order valence-electron chi connectivity index (χ0n) is 7.12. The van der Waals surface area contributed by atoms with Crippen molar-refractivity contribution in [1.29, 1.82) is 0 Å². The Morgan fingerprint density at radius 3 is 3.17 bits per heavy atom. The smallest absolute Gasteiger partial charge is 0.307 e. The number of hydrogen-bond donors (Lipinski definition) is 1. The number of allylic oxidation sites excluding steroid dienone is 2. The van der Waals surface area contributed by atoms with Gasteiger partial charge < -0.3 is 5.11 Å². The van der Waals surface area contributed by atoms with Gasteiger partial charge in [0, 0.05) is 0 Å². The second kappa shape index (κ2) is 4.10. The zero-order chi connectivity index (χ0) is 8.97. The fourth-order valence-corrected chi connectivity index (χ4v) is 1.68. The highest BCUT2D eigenvalue weighted by molar-refractivity contribution is 5.70. The van der Waals surface area contributed by atoms with Gasteiger partial charge in [-0.25, -0.2) is 0 Å². The molecule has 12 heavy (non-hydrogen) atoms. The molecule has 2 heteroatoms. The lowest BCUT2D eigenvalue weighted by Gasteiger charge is -2.09. The van der Waals surface area contributed by atoms with Crippen molar-refractivity contribution in [1.82, 2.24) is 0 Å². The average molecular weight is 166 g/mol. The van der Waals surface area contributed by atoms with Crippen LogP contribution >= 0.6 is 0 Å². The van der Waals surface area contributed by atoms with Crippen molar-refractivity contribution in [3.05, 3.63) is 24.3 Å². The summed E-state index contributed by atoms with van der Waals surface area (Å²) in [5.41, 5.74) is 1.09. The molecule has 0 spiro atoms. The molecule has 1 aliphatic carbocycles. The van der Waals surface area contributed by atoms with Crippen molar-refractivity contribution < 1.29 is 9.90 Å². The van der Waals surface area contributed by atoms with Gasteiger partial charge in [-0.2, -0.15) is 0 Å². The predicted octanol–water partition coefficient (Wildman–Crippen LogP) is 2.37. The molecule has 1 N–H and O–H groups in total. The van der Waals surface area contributed by atoms with Crippen LogP contribution in [0.5, 0.6) is 0 Å². The number of rotatable bonds is 4. The van der Waals surface area contributed by atoms with E-state index in [9.17, 15) is 4.79 Å². The second-order valence-electron chi connectivity index (χ2n) is 3.15. The third kappa shape index (κ3) is 2.22. The topological polar surface area (TPSA) is 37.3 Å². The van der Waals surface area contributed by atoms with Gasteiger partial charge in [0.05, 0.1) is 6.42 Å². The van der Waals surface area contributed by atoms with Gasteiger partial charge >= 0.3 is 5.97 Å². The quantitative estimate of drug-likeness (QED) is 0.651. The maximum atomic E-state index is 10.4. The molecular weight excluding hydrogens is 152 g/mol. The predicted molar refractivity (Wildman–Crippen MR) is 47.9 cm³/mol. The summed E-state index contributed by atoms with van der Waals surface area (Å²) in [6.07, 6.45) is 7.17. The molecule has 0 fully saturated rings. The monoisotopic (exact) mass is 166 g/mol. The first-order valence-corrected chi connectivity index (χ1v) is 4.25. The van der Waals surface area contributed by atoms with Crippen LogP contribution in [0, 0.1) is 5.92 Å². The molecule has 0 aliphatic heterocycles. The van der Waals surface area contributed by atoms with Gasteiger partial charge in [-0.1, -0.05) is 17.7 Å². The van der Waals surface area contributed by atoms with Gasteiger partial charge in [0.2, 0.25) is 0 Å². The van der Waals surface area contributed by atoms with Crippen molar-refractivity contribution in [2.24, 2.45) is 5.92 Å². The van der Waals surface area contributed by atoms with Crippen LogP contribution in [0.1, 0.15) is 25.7 Å². The van der Waals surface area contributed by atoms with Crippen molar-refractivity contribution in [3.63, 3.8) is 0 Å². The van der Waals surface area contributed by atoms with Gasteiger partial charge in [0.1, 0.15) is 0 Å². The highest BCUT2D eigenvalue weighted by atomic mass is 16.4. The van der Waals surface area contributed by atoms with Crippen molar-refractivity contribution in [2.45, 2.75) is 25.7 Å². The lowest BCUT2D eigenvalue weighted by Crippen LogP contribution is -2.03. The Morgan fingerprint density at radius 2 is 2.58 bits per heavy atom. The molecule has 2 nitrogen and oxygen atoms in total. The van der Waals surface area contributed by atoms with Crippen molar-refractivity contribution in [3.8, 4) is 0 Å². The Balaban J connectivity index is 2.50. The van der Waals surface area contributed by atoms with Gasteiger partial charge in [0.15, 0.2) is 0 Å². The molecule has 1 unspecified atom stereocenters. The Hall–Kier alpha value is -1.05. The first kappa shape index (κ1) is 9.04. The van der Waals surface area contributed by atoms with E-state index in [1.54, 1.807) is 0 Å². The first-order valence-electron chi connectivity index (χ1n) is 4.25. The molecule has 0 saturated heterocycles. The van der Waals surface area contributed by atoms with Gasteiger partial charge in [-0.3, -0.25) is 4.79 Å². The maximum Gasteiger partial charge on any atom is 0.307 e. The lowest BCUT2D eigenvalue weighted by molar-refractivity contribution is -0.136. The number of carboxylic acid groups (broad SMARTS) is 1. The van der Waals surface area contributed by atoms with E-state index in [2.05, 4.69) is 12.7 Å². The van der Waals surface area contributed by atoms with Crippen LogP contribution in [0.3, 0.4) is 0 Å². The minimum absolute atomic E-state index is 0.207. The number of aliphatic carboxylic acids is 1. The van der Waals surface area contributed by atoms with Gasteiger partial charge in [-0.05, 0) is 25.2 Å². The molecule has 0 bridgehead atoms. The summed E-state index contributed by atoms with van der Waals surface area (Å²) in [6.45, 7) is 3.66. The van der Waals surface area contributed by atoms with Crippen molar-refractivity contribution >= 4 is 5.97 Å². The van der Waals surface area contributed by atoms with Crippen LogP contribution in [-0.2, 0) is 4.79 Å². The summed E-state index contributed by atoms with van der Waals surface area (Å²) in [6, 6.07) is 0. The summed E-state index contributed by atoms with van der Waals surface area (Å²) in [4.78, 5) is 10.4. The van der Waals surface area contributed by atoms with Crippen LogP contribution in [0.25, 0.3) is 0 Å². The van der Waals surface area contributed by atoms with E-state index in [0.29, 0.717) is 5.92 Å². The highest BCUT2D eigenvalue weighted by Gasteiger charge is 2.19. The SMILES string of the molecule is C=CCC1CCC=C1CC(=O)O. The molecule has 0 aromatic rings. The average Bonchev–Trinajstić information content (AvgIpc) is 2.37. The van der Waals surface area contributed by atoms with E-state index in [1.807, 2.05) is 6.08 Å². The molecule has 0 heterocycles. The summed E-state index contributed by atoms with van der Waals surface area (Å²) < 4.78 is 0. The number of carboxylic acids is 1. The maximum absolute atomic E-state index is 10.4. The third-order valence-electron chi connectivity index (χ3n) is 2.25. The standard InChI is InChI=1S/C10H14O2/c1-2-4-8-5-3-6-9(8)7-10(11)12/h2,6,8H,1,3-5,7H2,(H,11,12). The first-order chi connectivity index (χ1) is 5.74. The van der Waals surface area contributed by atoms with E-state index in [-0.39, 0.29) is 6.42 Å². The molecule has 66 valence electrons. The Labute approximate surface area is 72.6 Å². The minimum atomic E-state index is -0.725. The third-order valence-corrected chi connectivity index (χ3v) is 2.25.